The molecule has 0 radical (unpaired) electrons. The van der Waals surface area contributed by atoms with Gasteiger partial charge in [-0.2, -0.15) is 0 Å². The van der Waals surface area contributed by atoms with Crippen LogP contribution >= 0.6 is 0 Å². The van der Waals surface area contributed by atoms with Crippen molar-refractivity contribution in [3.8, 4) is 0 Å². The predicted octanol–water partition coefficient (Wildman–Crippen LogP) is 7.53. The van der Waals surface area contributed by atoms with E-state index in [9.17, 15) is 85.7 Å². The van der Waals surface area contributed by atoms with Crippen LogP contribution in [0.2, 0.25) is 0 Å². The van der Waals surface area contributed by atoms with E-state index in [4.69, 9.17) is 5.73 Å². The maximum atomic E-state index is 14.7. The van der Waals surface area contributed by atoms with E-state index in [1.807, 2.05) is 53.7 Å². The highest BCUT2D eigenvalue weighted by atomic mass is 32.2. The number of rotatable bonds is 44. The van der Waals surface area contributed by atoms with E-state index < -0.39 is 162 Å². The van der Waals surface area contributed by atoms with Gasteiger partial charge in [-0.1, -0.05) is 93.8 Å². The minimum absolute atomic E-state index is 0.0484. The molecule has 0 spiro atoms. The van der Waals surface area contributed by atoms with Gasteiger partial charge in [0.15, 0.2) is 17.3 Å². The number of Topliss-reactive ketones (excluding diaryl/α,β-unsaturated/α-hetero) is 4. The number of aromatic amines is 1. The molecule has 5 amide bonds. The molecule has 0 bridgehead atoms. The molecule has 6 atom stereocenters. The molecule has 0 fully saturated rings. The summed E-state index contributed by atoms with van der Waals surface area (Å²) < 4.78 is 43.8. The number of carboxylic acid groups (broad SMARTS) is 3. The van der Waals surface area contributed by atoms with Gasteiger partial charge in [0, 0.05) is 111 Å². The number of aliphatic carboxylic acids is 3. The van der Waals surface area contributed by atoms with Gasteiger partial charge in [0.25, 0.3) is 5.91 Å². The Morgan fingerprint density at radius 1 is 0.571 bits per heavy atom. The van der Waals surface area contributed by atoms with Gasteiger partial charge >= 0.3 is 17.9 Å². The van der Waals surface area contributed by atoms with Crippen LogP contribution in [-0.4, -0.2) is 131 Å². The molecule has 530 valence electrons. The quantitative estimate of drug-likeness (QED) is 0.0168. The summed E-state index contributed by atoms with van der Waals surface area (Å²) >= 11 is 0. The number of fused-ring (bicyclic) bond motifs is 1. The number of carbonyl (C=O) groups is 12. The number of aromatic nitrogens is 1. The highest BCUT2D eigenvalue weighted by Gasteiger charge is 2.35. The summed E-state index contributed by atoms with van der Waals surface area (Å²) in [6.07, 6.45) is -1.06. The van der Waals surface area contributed by atoms with Crippen LogP contribution in [0.5, 0.6) is 0 Å². The van der Waals surface area contributed by atoms with Gasteiger partial charge in [0.1, 0.15) is 11.6 Å². The third-order valence-corrected chi connectivity index (χ3v) is 18.6. The lowest BCUT2D eigenvalue weighted by molar-refractivity contribution is -0.140. The topological polar surface area (TPSA) is 402 Å². The number of hydrogen-bond donors (Lipinski definition) is 10. The van der Waals surface area contributed by atoms with Gasteiger partial charge in [-0.3, -0.25) is 57.5 Å². The monoisotopic (exact) mass is 1380 g/mol. The maximum absolute atomic E-state index is 14.7. The van der Waals surface area contributed by atoms with E-state index in [0.717, 1.165) is 34.4 Å². The standard InChI is InChI=1S/C72H92FN7O17S/c1-43-31-44(2)66(45(3)32-43)71(95)76-30-13-11-16-47(67(74)91)35-54(81)18-8-7-12-29-75-68(92)48(21-27-63(85)86)38-61(83)59(37-51-41-77-58-20-10-9-19-57(51)58)79-70(94)50(33-46-15-14-17-53(73)34-46)36-55(82)42-78-69(93)49(22-28-64(87)88)39-62(84)60(40-65(89)90)80-98(96,97)56-25-23-52(24-26-56)72(4,5)6/h9-10,14-15,17,19-20,23-26,31-32,34,41,47-50,59-60,77,80H,7-8,11-13,16,18,21-22,27-30,33,35-40,42H2,1-6H3,(H2,74,91)(H,75,92)(H,76,95)(H,78,93)(H,79,94)(H,85,86)(H,87,88)(H,89,90)/t47-,48-,49-,50-,59+,60-/m1/s1. The van der Waals surface area contributed by atoms with Gasteiger partial charge in [-0.05, 0) is 129 Å². The number of carbonyl (C=O) groups excluding carboxylic acids is 9. The summed E-state index contributed by atoms with van der Waals surface area (Å²) in [5.74, 6) is -15.8. The first-order chi connectivity index (χ1) is 46.2. The second-order valence-corrected chi connectivity index (χ2v) is 27.9. The van der Waals surface area contributed by atoms with E-state index in [0.29, 0.717) is 67.1 Å². The van der Waals surface area contributed by atoms with Gasteiger partial charge in [-0.15, -0.1) is 0 Å². The SMILES string of the molecule is Cc1cc(C)c(C(=O)NCCCC[C@H](CC(=O)CCCCCNC(=O)[C@H](CCC(=O)O)CC(=O)[C@H](Cc2c[nH]c3ccccc23)NC(=O)[C@@H](CC(=O)CNC(=O)[C@H](CCC(=O)O)CC(=O)[C@@H](CC(=O)O)NS(=O)(=O)c2ccc(C(C)(C)C)cc2)Cc2cccc(F)c2)C(N)=O)c(C)c1. The first kappa shape index (κ1) is 79.4. The minimum atomic E-state index is -4.53. The second kappa shape index (κ2) is 38.0. The van der Waals surface area contributed by atoms with Gasteiger partial charge < -0.3 is 47.3 Å². The molecule has 11 N–H and O–H groups in total. The Hall–Kier alpha value is -9.30. The number of H-pyrrole nitrogens is 1. The summed E-state index contributed by atoms with van der Waals surface area (Å²) in [5, 5.41) is 40.4. The van der Waals surface area contributed by atoms with Crippen molar-refractivity contribution in [1.29, 1.82) is 0 Å². The molecule has 1 heterocycles. The maximum Gasteiger partial charge on any atom is 0.305 e. The number of ketones is 4. The van der Waals surface area contributed by atoms with Crippen LogP contribution in [-0.2, 0) is 81.0 Å². The second-order valence-electron chi connectivity index (χ2n) is 26.2. The van der Waals surface area contributed by atoms with Crippen LogP contribution in [0.25, 0.3) is 10.9 Å². The highest BCUT2D eigenvalue weighted by Crippen LogP contribution is 2.27. The molecular weight excluding hydrogens is 1290 g/mol. The predicted molar refractivity (Wildman–Crippen MR) is 362 cm³/mol. The van der Waals surface area contributed by atoms with Crippen molar-refractivity contribution in [3.05, 3.63) is 136 Å². The number of unbranched alkanes of at least 4 members (excludes halogenated alkanes) is 3. The number of carboxylic acids is 3. The van der Waals surface area contributed by atoms with Crippen LogP contribution in [0.15, 0.2) is 96.0 Å². The molecule has 24 nitrogen and oxygen atoms in total. The summed E-state index contributed by atoms with van der Waals surface area (Å²) in [4.78, 5) is 162. The fraction of sp³-hybridized carbons (Fsp3) is 0.472. The zero-order valence-electron chi connectivity index (χ0n) is 56.4. The lowest BCUT2D eigenvalue weighted by Gasteiger charge is -2.24. The van der Waals surface area contributed by atoms with E-state index in [2.05, 4.69) is 31.0 Å². The molecule has 26 heteroatoms. The Morgan fingerprint density at radius 3 is 1.77 bits per heavy atom. The molecule has 0 aliphatic rings. The van der Waals surface area contributed by atoms with Crippen molar-refractivity contribution in [1.82, 2.24) is 31.0 Å². The Balaban J connectivity index is 1.24. The number of nitrogens with two attached hydrogens (primary N) is 1. The van der Waals surface area contributed by atoms with Crippen LogP contribution in [0, 0.1) is 50.3 Å². The smallest absolute Gasteiger partial charge is 0.305 e. The molecule has 5 aromatic rings. The van der Waals surface area contributed by atoms with Gasteiger partial charge in [0.05, 0.1) is 29.9 Å². The summed E-state index contributed by atoms with van der Waals surface area (Å²) in [6, 6.07) is 18.5. The molecule has 0 aliphatic carbocycles. The Bertz CT molecular complexity index is 3780. The largest absolute Gasteiger partial charge is 0.481 e. The van der Waals surface area contributed by atoms with E-state index in [1.54, 1.807) is 42.6 Å². The van der Waals surface area contributed by atoms with Crippen molar-refractivity contribution in [2.24, 2.45) is 29.4 Å². The molecule has 0 saturated carbocycles. The fourth-order valence-electron chi connectivity index (χ4n) is 11.8. The number of para-hydroxylation sites is 1. The number of aryl methyl sites for hydroxylation is 3. The third kappa shape index (κ3) is 26.3. The Kier molecular flexibility index (Phi) is 30.8. The molecule has 0 saturated heterocycles. The summed E-state index contributed by atoms with van der Waals surface area (Å²) in [6.45, 7) is 11.1. The van der Waals surface area contributed by atoms with E-state index in [1.165, 1.54) is 24.3 Å². The lowest BCUT2D eigenvalue weighted by Crippen LogP contribution is -2.47. The average molecular weight is 1380 g/mol. The number of hydrogen-bond acceptors (Lipinski definition) is 14. The van der Waals surface area contributed by atoms with Crippen LogP contribution in [0.4, 0.5) is 4.39 Å². The lowest BCUT2D eigenvalue weighted by atomic mass is 9.87. The summed E-state index contributed by atoms with van der Waals surface area (Å²) in [5.41, 5.74) is 11.0. The number of halogens is 1. The first-order valence-corrected chi connectivity index (χ1v) is 34.4. The molecular formula is C72H92FN7O17S. The number of sulfonamides is 1. The molecule has 1 aromatic heterocycles. The van der Waals surface area contributed by atoms with Crippen LogP contribution in [0.1, 0.15) is 167 Å². The van der Waals surface area contributed by atoms with Crippen LogP contribution in [0.3, 0.4) is 0 Å². The van der Waals surface area contributed by atoms with Crippen molar-refractivity contribution >= 4 is 91.5 Å². The van der Waals surface area contributed by atoms with E-state index in [-0.39, 0.29) is 66.2 Å². The normalized spacial score (nSPS) is 13.4. The number of benzene rings is 4. The Labute approximate surface area is 570 Å². The fourth-order valence-corrected chi connectivity index (χ4v) is 13.0. The number of primary amides is 1. The molecule has 4 aromatic carbocycles. The zero-order valence-corrected chi connectivity index (χ0v) is 57.2. The molecule has 0 aliphatic heterocycles. The van der Waals surface area contributed by atoms with Crippen molar-refractivity contribution in [3.63, 3.8) is 0 Å². The highest BCUT2D eigenvalue weighted by molar-refractivity contribution is 7.89. The first-order valence-electron chi connectivity index (χ1n) is 32.9. The average Bonchev–Trinajstić information content (AvgIpc) is 1.29. The third-order valence-electron chi connectivity index (χ3n) is 17.1. The van der Waals surface area contributed by atoms with Crippen molar-refractivity contribution in [2.75, 3.05) is 19.6 Å². The van der Waals surface area contributed by atoms with Crippen molar-refractivity contribution < 1.29 is 85.7 Å². The summed E-state index contributed by atoms with van der Waals surface area (Å²) in [7, 11) is -4.53. The van der Waals surface area contributed by atoms with Gasteiger partial charge in [-0.25, -0.2) is 17.5 Å². The number of amides is 5. The van der Waals surface area contributed by atoms with E-state index >= 15 is 0 Å². The zero-order chi connectivity index (χ0) is 72.4. The molecule has 5 rings (SSSR count). The molecule has 0 unspecified atom stereocenters. The number of nitrogens with one attached hydrogen (secondary N) is 6. The minimum Gasteiger partial charge on any atom is -0.481 e. The van der Waals surface area contributed by atoms with Gasteiger partial charge in [0.2, 0.25) is 33.7 Å². The van der Waals surface area contributed by atoms with Crippen LogP contribution < -0.4 is 31.7 Å². The Morgan fingerprint density at radius 2 is 1.16 bits per heavy atom. The van der Waals surface area contributed by atoms with Crippen molar-refractivity contribution in [2.45, 2.75) is 180 Å². The molecule has 98 heavy (non-hydrogen) atoms.